The maximum Gasteiger partial charge on any atom is 0.163 e. The predicted octanol–water partition coefficient (Wildman–Crippen LogP) is 4.22. The van der Waals surface area contributed by atoms with Gasteiger partial charge in [-0.25, -0.2) is 0 Å². The average Bonchev–Trinajstić information content (AvgIpc) is 2.65. The zero-order chi connectivity index (χ0) is 18.2. The Morgan fingerprint density at radius 3 is 2.48 bits per heavy atom. The number of hydrogen-bond acceptors (Lipinski definition) is 4. The molecule has 0 aliphatic rings. The number of rotatable bonds is 8. The molecule has 130 valence electrons. The topological polar surface area (TPSA) is 53.3 Å². The fourth-order valence-electron chi connectivity index (χ4n) is 2.83. The fourth-order valence-corrected chi connectivity index (χ4v) is 2.83. The van der Waals surface area contributed by atoms with Crippen LogP contribution in [0.5, 0.6) is 5.75 Å². The minimum Gasteiger partial charge on any atom is -0.491 e. The molecule has 0 bridgehead atoms. The van der Waals surface area contributed by atoms with E-state index in [4.69, 9.17) is 10.00 Å². The predicted molar refractivity (Wildman–Crippen MR) is 98.8 cm³/mol. The van der Waals surface area contributed by atoms with Gasteiger partial charge in [0, 0.05) is 12.6 Å². The molecule has 2 aromatic rings. The maximum absolute atomic E-state index is 11.7. The third-order valence-electron chi connectivity index (χ3n) is 4.38. The first-order valence-corrected chi connectivity index (χ1v) is 8.53. The van der Waals surface area contributed by atoms with Crippen LogP contribution in [0, 0.1) is 11.3 Å². The number of benzene rings is 2. The lowest BCUT2D eigenvalue weighted by molar-refractivity contribution is 0.101. The normalized spacial score (nSPS) is 11.8. The molecular formula is C21H24N2O2. The third kappa shape index (κ3) is 4.91. The van der Waals surface area contributed by atoms with Crippen LogP contribution < -0.4 is 4.74 Å². The number of ketones is 1. The van der Waals surface area contributed by atoms with E-state index in [1.807, 2.05) is 42.5 Å². The summed E-state index contributed by atoms with van der Waals surface area (Å²) in [5.74, 6) is 0.644. The van der Waals surface area contributed by atoms with E-state index in [2.05, 4.69) is 24.8 Å². The summed E-state index contributed by atoms with van der Waals surface area (Å²) in [6.07, 6.45) is 0. The molecule has 0 aromatic heterocycles. The van der Waals surface area contributed by atoms with Crippen LogP contribution in [-0.2, 0) is 0 Å². The minimum atomic E-state index is 0.00824. The second kappa shape index (κ2) is 9.00. The number of nitriles is 1. The van der Waals surface area contributed by atoms with Crippen LogP contribution in [0.15, 0.2) is 48.5 Å². The van der Waals surface area contributed by atoms with Crippen molar-refractivity contribution in [1.29, 1.82) is 5.26 Å². The molecular weight excluding hydrogens is 312 g/mol. The highest BCUT2D eigenvalue weighted by molar-refractivity contribution is 5.96. The number of Topliss-reactive ketones (excluding diaryl/α,β-unsaturated/α-hetero) is 1. The molecule has 4 nitrogen and oxygen atoms in total. The summed E-state index contributed by atoms with van der Waals surface area (Å²) in [6, 6.07) is 17.4. The SMILES string of the molecule is CCN(CCOc1ccccc1C(C)=O)C(C)c1ccc(C#N)cc1. The van der Waals surface area contributed by atoms with Crippen molar-refractivity contribution in [3.05, 3.63) is 65.2 Å². The van der Waals surface area contributed by atoms with Gasteiger partial charge in [0.25, 0.3) is 0 Å². The van der Waals surface area contributed by atoms with Gasteiger partial charge in [0.15, 0.2) is 5.78 Å². The van der Waals surface area contributed by atoms with E-state index in [9.17, 15) is 4.79 Å². The number of nitrogens with zero attached hydrogens (tertiary/aromatic N) is 2. The summed E-state index contributed by atoms with van der Waals surface area (Å²) in [6.45, 7) is 7.97. The lowest BCUT2D eigenvalue weighted by Crippen LogP contribution is -2.31. The summed E-state index contributed by atoms with van der Waals surface area (Å²) < 4.78 is 5.85. The van der Waals surface area contributed by atoms with Gasteiger partial charge in [0.1, 0.15) is 12.4 Å². The van der Waals surface area contributed by atoms with Gasteiger partial charge in [-0.2, -0.15) is 5.26 Å². The van der Waals surface area contributed by atoms with Crippen molar-refractivity contribution >= 4 is 5.78 Å². The van der Waals surface area contributed by atoms with Crippen LogP contribution >= 0.6 is 0 Å². The van der Waals surface area contributed by atoms with E-state index in [-0.39, 0.29) is 11.8 Å². The van der Waals surface area contributed by atoms with E-state index in [1.165, 1.54) is 5.56 Å². The first kappa shape index (κ1) is 18.7. The first-order chi connectivity index (χ1) is 12.1. The molecule has 4 heteroatoms. The van der Waals surface area contributed by atoms with Crippen molar-refractivity contribution in [1.82, 2.24) is 4.90 Å². The van der Waals surface area contributed by atoms with E-state index in [0.29, 0.717) is 23.5 Å². The Hall–Kier alpha value is -2.64. The minimum absolute atomic E-state index is 0.00824. The smallest absolute Gasteiger partial charge is 0.163 e. The molecule has 0 aliphatic heterocycles. The summed E-state index contributed by atoms with van der Waals surface area (Å²) >= 11 is 0. The van der Waals surface area contributed by atoms with Crippen molar-refractivity contribution in [3.8, 4) is 11.8 Å². The Kier molecular flexibility index (Phi) is 6.73. The molecule has 0 spiro atoms. The molecule has 1 atom stereocenters. The standard InChI is InChI=1S/C21H24N2O2/c1-4-23(16(2)19-11-9-18(15-22)10-12-19)13-14-25-21-8-6-5-7-20(21)17(3)24/h5-12,16H,4,13-14H2,1-3H3. The van der Waals surface area contributed by atoms with Crippen molar-refractivity contribution in [2.45, 2.75) is 26.8 Å². The number of likely N-dealkylation sites (N-methyl/N-ethyl adjacent to an activating group) is 1. The van der Waals surface area contributed by atoms with Crippen molar-refractivity contribution < 1.29 is 9.53 Å². The Labute approximate surface area is 149 Å². The Morgan fingerprint density at radius 1 is 1.20 bits per heavy atom. The van der Waals surface area contributed by atoms with Gasteiger partial charge < -0.3 is 4.74 Å². The zero-order valence-electron chi connectivity index (χ0n) is 15.0. The molecule has 1 unspecified atom stereocenters. The third-order valence-corrected chi connectivity index (χ3v) is 4.38. The fraction of sp³-hybridized carbons (Fsp3) is 0.333. The lowest BCUT2D eigenvalue weighted by atomic mass is 10.1. The number of carbonyl (C=O) groups excluding carboxylic acids is 1. The molecule has 0 N–H and O–H groups in total. The second-order valence-electron chi connectivity index (χ2n) is 5.94. The van der Waals surface area contributed by atoms with Gasteiger partial charge >= 0.3 is 0 Å². The van der Waals surface area contributed by atoms with Gasteiger partial charge in [-0.15, -0.1) is 0 Å². The largest absolute Gasteiger partial charge is 0.491 e. The Morgan fingerprint density at radius 2 is 1.88 bits per heavy atom. The highest BCUT2D eigenvalue weighted by atomic mass is 16.5. The van der Waals surface area contributed by atoms with E-state index in [0.717, 1.165) is 13.1 Å². The van der Waals surface area contributed by atoms with E-state index < -0.39 is 0 Å². The monoisotopic (exact) mass is 336 g/mol. The number of ether oxygens (including phenoxy) is 1. The lowest BCUT2D eigenvalue weighted by Gasteiger charge is -2.28. The van der Waals surface area contributed by atoms with Crippen LogP contribution in [0.1, 0.15) is 48.3 Å². The van der Waals surface area contributed by atoms with Crippen molar-refractivity contribution in [3.63, 3.8) is 0 Å². The van der Waals surface area contributed by atoms with Crippen LogP contribution in [0.2, 0.25) is 0 Å². The molecule has 0 saturated carbocycles. The Bertz CT molecular complexity index is 747. The summed E-state index contributed by atoms with van der Waals surface area (Å²) in [5, 5.41) is 8.91. The first-order valence-electron chi connectivity index (χ1n) is 8.53. The number of carbonyl (C=O) groups is 1. The highest BCUT2D eigenvalue weighted by Crippen LogP contribution is 2.21. The average molecular weight is 336 g/mol. The molecule has 0 radical (unpaired) electrons. The number of hydrogen-bond donors (Lipinski definition) is 0. The van der Waals surface area contributed by atoms with Crippen LogP contribution in [-0.4, -0.2) is 30.4 Å². The quantitative estimate of drug-likeness (QED) is 0.677. The summed E-state index contributed by atoms with van der Waals surface area (Å²) in [5.41, 5.74) is 2.46. The Balaban J connectivity index is 1.98. The highest BCUT2D eigenvalue weighted by Gasteiger charge is 2.15. The van der Waals surface area contributed by atoms with Gasteiger partial charge in [0.2, 0.25) is 0 Å². The zero-order valence-corrected chi connectivity index (χ0v) is 15.0. The molecule has 2 aromatic carbocycles. The number of para-hydroxylation sites is 1. The van der Waals surface area contributed by atoms with E-state index in [1.54, 1.807) is 13.0 Å². The van der Waals surface area contributed by atoms with Crippen LogP contribution in [0.3, 0.4) is 0 Å². The molecule has 25 heavy (non-hydrogen) atoms. The van der Waals surface area contributed by atoms with Gasteiger partial charge in [-0.1, -0.05) is 31.2 Å². The van der Waals surface area contributed by atoms with Crippen molar-refractivity contribution in [2.24, 2.45) is 0 Å². The van der Waals surface area contributed by atoms with Crippen LogP contribution in [0.4, 0.5) is 0 Å². The van der Waals surface area contributed by atoms with Gasteiger partial charge in [-0.3, -0.25) is 9.69 Å². The summed E-state index contributed by atoms with van der Waals surface area (Å²) in [7, 11) is 0. The van der Waals surface area contributed by atoms with Crippen LogP contribution in [0.25, 0.3) is 0 Å². The molecule has 0 saturated heterocycles. The second-order valence-corrected chi connectivity index (χ2v) is 5.94. The van der Waals surface area contributed by atoms with E-state index >= 15 is 0 Å². The maximum atomic E-state index is 11.7. The van der Waals surface area contributed by atoms with Gasteiger partial charge in [-0.05, 0) is 50.2 Å². The molecule has 2 rings (SSSR count). The molecule has 0 fully saturated rings. The van der Waals surface area contributed by atoms with Gasteiger partial charge in [0.05, 0.1) is 17.2 Å². The molecule has 0 aliphatic carbocycles. The summed E-state index contributed by atoms with van der Waals surface area (Å²) in [4.78, 5) is 14.0. The molecule has 0 heterocycles. The van der Waals surface area contributed by atoms with Crippen molar-refractivity contribution in [2.75, 3.05) is 19.7 Å². The molecule has 0 amide bonds.